The Morgan fingerprint density at radius 2 is 1.38 bits per heavy atom. The Hall–Kier alpha value is -1.21. The van der Waals surface area contributed by atoms with Gasteiger partial charge in [-0.1, -0.05) is 83.7 Å². The first-order valence-corrected chi connectivity index (χ1v) is 13.7. The van der Waals surface area contributed by atoms with E-state index in [1.54, 1.807) is 24.3 Å². The molecule has 0 unspecified atom stereocenters. The van der Waals surface area contributed by atoms with E-state index in [0.717, 1.165) is 12.8 Å². The van der Waals surface area contributed by atoms with Gasteiger partial charge in [0.25, 0.3) is 0 Å². The lowest BCUT2D eigenvalue weighted by Crippen LogP contribution is -2.34. The molecular weight excluding hydrogens is 538 g/mol. The molecule has 0 spiro atoms. The maximum Gasteiger partial charge on any atom is 0.338 e. The second-order valence-electron chi connectivity index (χ2n) is 8.89. The van der Waals surface area contributed by atoms with Gasteiger partial charge in [-0.25, -0.2) is 4.79 Å². The average Bonchev–Trinajstić information content (AvgIpc) is 3.02. The van der Waals surface area contributed by atoms with Gasteiger partial charge in [-0.2, -0.15) is 0 Å². The van der Waals surface area contributed by atoms with E-state index in [1.807, 2.05) is 0 Å². The number of nitrogens with zero attached hydrogens (tertiary/aromatic N) is 1. The zero-order chi connectivity index (χ0) is 23.1. The van der Waals surface area contributed by atoms with E-state index in [4.69, 9.17) is 4.74 Å². The van der Waals surface area contributed by atoms with Crippen molar-refractivity contribution in [3.8, 4) is 0 Å². The Kier molecular flexibility index (Phi) is 9.77. The van der Waals surface area contributed by atoms with Gasteiger partial charge in [0.05, 0.1) is 29.7 Å². The number of esters is 1. The number of hydrogen-bond donors (Lipinski definition) is 0. The van der Waals surface area contributed by atoms with Crippen LogP contribution in [0.25, 0.3) is 0 Å². The molecule has 32 heavy (non-hydrogen) atoms. The maximum atomic E-state index is 12.9. The van der Waals surface area contributed by atoms with Crippen LogP contribution in [0.15, 0.2) is 24.3 Å². The predicted octanol–water partition coefficient (Wildman–Crippen LogP) is 6.41. The molecule has 4 atom stereocenters. The van der Waals surface area contributed by atoms with Gasteiger partial charge in [-0.15, -0.1) is 0 Å². The van der Waals surface area contributed by atoms with Gasteiger partial charge in [0.1, 0.15) is 0 Å². The van der Waals surface area contributed by atoms with E-state index in [-0.39, 0.29) is 39.3 Å². The number of carbonyl (C=O) groups excluding carboxylic acids is 3. The van der Waals surface area contributed by atoms with Crippen LogP contribution >= 0.6 is 31.9 Å². The lowest BCUT2D eigenvalue weighted by atomic mass is 9.81. The normalized spacial score (nSPS) is 25.2. The van der Waals surface area contributed by atoms with Crippen LogP contribution in [0.2, 0.25) is 0 Å². The Morgan fingerprint density at radius 3 is 1.91 bits per heavy atom. The molecule has 1 heterocycles. The molecule has 0 N–H and O–H groups in total. The fourth-order valence-corrected chi connectivity index (χ4v) is 5.82. The number of carbonyl (C=O) groups is 3. The second kappa shape index (κ2) is 12.3. The van der Waals surface area contributed by atoms with Crippen molar-refractivity contribution in [1.82, 2.24) is 0 Å². The molecule has 2 fully saturated rings. The Morgan fingerprint density at radius 1 is 0.875 bits per heavy atom. The fraction of sp³-hybridized carbons (Fsp3) is 0.640. The van der Waals surface area contributed by atoms with Crippen molar-refractivity contribution in [2.24, 2.45) is 11.8 Å². The molecular formula is C25H33Br2NO4. The molecule has 0 bridgehead atoms. The predicted molar refractivity (Wildman–Crippen MR) is 133 cm³/mol. The van der Waals surface area contributed by atoms with Crippen LogP contribution in [0.4, 0.5) is 5.69 Å². The van der Waals surface area contributed by atoms with Gasteiger partial charge in [-0.3, -0.25) is 14.5 Å². The molecule has 3 rings (SSSR count). The number of anilines is 1. The molecule has 5 nitrogen and oxygen atoms in total. The number of fused-ring (bicyclic) bond motifs is 1. The summed E-state index contributed by atoms with van der Waals surface area (Å²) in [5.41, 5.74) is 0.956. The van der Waals surface area contributed by atoms with Gasteiger partial charge < -0.3 is 4.74 Å². The highest BCUT2D eigenvalue weighted by atomic mass is 79.9. The first-order valence-electron chi connectivity index (χ1n) is 11.9. The topological polar surface area (TPSA) is 63.7 Å². The molecule has 1 aromatic carbocycles. The van der Waals surface area contributed by atoms with Gasteiger partial charge >= 0.3 is 5.97 Å². The molecule has 1 saturated heterocycles. The Bertz CT molecular complexity index is 770. The van der Waals surface area contributed by atoms with Crippen molar-refractivity contribution in [3.05, 3.63) is 29.8 Å². The summed E-state index contributed by atoms with van der Waals surface area (Å²) < 4.78 is 5.38. The number of rotatable bonds is 11. The van der Waals surface area contributed by atoms with Crippen LogP contribution in [-0.2, 0) is 14.3 Å². The quantitative estimate of drug-likeness (QED) is 0.133. The minimum absolute atomic E-state index is 0.145. The minimum atomic E-state index is -0.364. The molecule has 7 heteroatoms. The Labute approximate surface area is 207 Å². The van der Waals surface area contributed by atoms with Gasteiger partial charge in [0.2, 0.25) is 11.8 Å². The molecule has 2 amide bonds. The maximum absolute atomic E-state index is 12.9. The van der Waals surface area contributed by atoms with Crippen LogP contribution in [0.5, 0.6) is 0 Å². The van der Waals surface area contributed by atoms with E-state index in [1.165, 1.54) is 43.4 Å². The van der Waals surface area contributed by atoms with Crippen molar-refractivity contribution in [1.29, 1.82) is 0 Å². The molecule has 2 aliphatic rings. The van der Waals surface area contributed by atoms with Crippen LogP contribution in [0.3, 0.4) is 0 Å². The molecule has 1 aliphatic carbocycles. The summed E-state index contributed by atoms with van der Waals surface area (Å²) >= 11 is 7.21. The second-order valence-corrected chi connectivity index (χ2v) is 11.2. The zero-order valence-electron chi connectivity index (χ0n) is 18.7. The van der Waals surface area contributed by atoms with E-state index in [2.05, 4.69) is 38.8 Å². The Balaban J connectivity index is 1.46. The van der Waals surface area contributed by atoms with Crippen molar-refractivity contribution in [3.63, 3.8) is 0 Å². The molecule has 1 saturated carbocycles. The summed E-state index contributed by atoms with van der Waals surface area (Å²) in [4.78, 5) is 39.8. The van der Waals surface area contributed by atoms with Crippen LogP contribution in [-0.4, -0.2) is 34.0 Å². The third-order valence-electron chi connectivity index (χ3n) is 6.50. The molecule has 1 aliphatic heterocycles. The summed E-state index contributed by atoms with van der Waals surface area (Å²) in [6.07, 6.45) is 10.8. The summed E-state index contributed by atoms with van der Waals surface area (Å²) in [7, 11) is 0. The molecule has 0 aromatic heterocycles. The van der Waals surface area contributed by atoms with Crippen molar-refractivity contribution < 1.29 is 19.1 Å². The van der Waals surface area contributed by atoms with E-state index in [0.29, 0.717) is 30.7 Å². The van der Waals surface area contributed by atoms with Gasteiger partial charge in [0.15, 0.2) is 0 Å². The number of unbranched alkanes of at least 4 members (excludes halogenated alkanes) is 7. The summed E-state index contributed by atoms with van der Waals surface area (Å²) in [6, 6.07) is 6.59. The largest absolute Gasteiger partial charge is 0.462 e. The van der Waals surface area contributed by atoms with Gasteiger partial charge in [-0.05, 0) is 43.5 Å². The molecule has 1 aromatic rings. The van der Waals surface area contributed by atoms with Crippen LogP contribution in [0.1, 0.15) is 81.5 Å². The SMILES string of the molecule is CCCCCCCCCCOC(=O)c1ccc(N2C(=O)[C@H]3C[C@@H](Br)[C@@H](Br)C[C@H]3C2=O)cc1. The van der Waals surface area contributed by atoms with Crippen molar-refractivity contribution in [2.75, 3.05) is 11.5 Å². The lowest BCUT2D eigenvalue weighted by Gasteiger charge is -2.29. The van der Waals surface area contributed by atoms with Gasteiger partial charge in [0, 0.05) is 9.65 Å². The first-order chi connectivity index (χ1) is 15.4. The highest BCUT2D eigenvalue weighted by molar-refractivity contribution is 9.12. The average molecular weight is 571 g/mol. The third kappa shape index (κ3) is 6.22. The summed E-state index contributed by atoms with van der Waals surface area (Å²) in [6.45, 7) is 2.64. The number of imide groups is 1. The van der Waals surface area contributed by atoms with Crippen LogP contribution in [0, 0.1) is 11.8 Å². The monoisotopic (exact) mass is 569 g/mol. The van der Waals surface area contributed by atoms with E-state index < -0.39 is 0 Å². The van der Waals surface area contributed by atoms with Crippen molar-refractivity contribution >= 4 is 55.3 Å². The van der Waals surface area contributed by atoms with E-state index in [9.17, 15) is 14.4 Å². The third-order valence-corrected chi connectivity index (χ3v) is 9.24. The highest BCUT2D eigenvalue weighted by Crippen LogP contribution is 2.44. The minimum Gasteiger partial charge on any atom is -0.462 e. The fourth-order valence-electron chi connectivity index (χ4n) is 4.58. The number of hydrogen-bond acceptors (Lipinski definition) is 4. The van der Waals surface area contributed by atoms with Crippen molar-refractivity contribution in [2.45, 2.75) is 80.8 Å². The standard InChI is InChI=1S/C25H33Br2NO4/c1-2-3-4-5-6-7-8-9-14-32-25(31)17-10-12-18(13-11-17)28-23(29)19-15-21(26)22(27)16-20(19)24(28)30/h10-13,19-22H,2-9,14-16H2,1H3/t19-,20+,21+,22-. The molecule has 0 radical (unpaired) electrons. The number of alkyl halides is 2. The van der Waals surface area contributed by atoms with E-state index >= 15 is 0 Å². The van der Waals surface area contributed by atoms with Crippen LogP contribution < -0.4 is 4.90 Å². The number of amides is 2. The summed E-state index contributed by atoms with van der Waals surface area (Å²) in [5, 5.41) is 0. The zero-order valence-corrected chi connectivity index (χ0v) is 21.9. The number of ether oxygens (including phenoxy) is 1. The highest BCUT2D eigenvalue weighted by Gasteiger charge is 2.52. The first kappa shape index (κ1) is 25.4. The lowest BCUT2D eigenvalue weighted by molar-refractivity contribution is -0.122. The summed E-state index contributed by atoms with van der Waals surface area (Å²) in [5.74, 6) is -1.21. The molecule has 176 valence electrons. The number of halogens is 2. The smallest absolute Gasteiger partial charge is 0.338 e. The number of benzene rings is 1.